The van der Waals surface area contributed by atoms with Crippen LogP contribution in [0.25, 0.3) is 0 Å². The maximum Gasteiger partial charge on any atom is 0.0599 e. The molecule has 2 N–H and O–H groups in total. The Morgan fingerprint density at radius 2 is 2.07 bits per heavy atom. The van der Waals surface area contributed by atoms with Crippen molar-refractivity contribution in [3.05, 3.63) is 24.3 Å². The summed E-state index contributed by atoms with van der Waals surface area (Å²) in [6.45, 7) is 4.41. The number of nitrogen functional groups attached to an aromatic ring is 1. The van der Waals surface area contributed by atoms with Gasteiger partial charge in [0.25, 0.3) is 0 Å². The van der Waals surface area contributed by atoms with Crippen LogP contribution in [0.15, 0.2) is 24.3 Å². The first-order chi connectivity index (χ1) is 6.81. The molecule has 0 bridgehead atoms. The topological polar surface area (TPSA) is 29.3 Å². The van der Waals surface area contributed by atoms with E-state index >= 15 is 0 Å². The van der Waals surface area contributed by atoms with Crippen LogP contribution in [0.2, 0.25) is 0 Å². The smallest absolute Gasteiger partial charge is 0.0599 e. The second-order valence-corrected chi connectivity index (χ2v) is 4.04. The molecule has 1 aliphatic rings. The highest BCUT2D eigenvalue weighted by atomic mass is 15.1. The van der Waals surface area contributed by atoms with Gasteiger partial charge in [-0.2, -0.15) is 0 Å². The molecule has 1 saturated carbocycles. The SMILES string of the molecule is CCN(CC1CC1)c1ccccc1N. The second-order valence-electron chi connectivity index (χ2n) is 4.04. The Hall–Kier alpha value is -1.18. The third kappa shape index (κ3) is 2.00. The maximum atomic E-state index is 5.95. The zero-order valence-electron chi connectivity index (χ0n) is 8.74. The van der Waals surface area contributed by atoms with E-state index in [0.717, 1.165) is 18.2 Å². The number of hydrogen-bond donors (Lipinski definition) is 1. The van der Waals surface area contributed by atoms with Crippen LogP contribution in [-0.2, 0) is 0 Å². The minimum atomic E-state index is 0.898. The van der Waals surface area contributed by atoms with Gasteiger partial charge in [0.1, 0.15) is 0 Å². The first-order valence-electron chi connectivity index (χ1n) is 5.40. The number of nitrogens with two attached hydrogens (primary N) is 1. The number of anilines is 2. The fraction of sp³-hybridized carbons (Fsp3) is 0.500. The molecule has 0 aliphatic heterocycles. The molecule has 2 nitrogen and oxygen atoms in total. The van der Waals surface area contributed by atoms with Gasteiger partial charge in [-0.1, -0.05) is 12.1 Å². The van der Waals surface area contributed by atoms with Gasteiger partial charge in [0.15, 0.2) is 0 Å². The molecule has 2 heteroatoms. The van der Waals surface area contributed by atoms with Gasteiger partial charge in [0, 0.05) is 13.1 Å². The van der Waals surface area contributed by atoms with Crippen LogP contribution in [0.3, 0.4) is 0 Å². The summed E-state index contributed by atoms with van der Waals surface area (Å²) in [5, 5.41) is 0. The normalized spacial score (nSPS) is 15.5. The summed E-state index contributed by atoms with van der Waals surface area (Å²) in [5.41, 5.74) is 8.05. The Labute approximate surface area is 85.7 Å². The molecular weight excluding hydrogens is 172 g/mol. The minimum Gasteiger partial charge on any atom is -0.397 e. The Morgan fingerprint density at radius 3 is 2.64 bits per heavy atom. The highest BCUT2D eigenvalue weighted by Crippen LogP contribution is 2.32. The first kappa shape index (κ1) is 9.38. The van der Waals surface area contributed by atoms with Gasteiger partial charge in [-0.15, -0.1) is 0 Å². The number of rotatable bonds is 4. The van der Waals surface area contributed by atoms with Crippen molar-refractivity contribution in [3.63, 3.8) is 0 Å². The van der Waals surface area contributed by atoms with Crippen molar-refractivity contribution in [1.82, 2.24) is 0 Å². The lowest BCUT2D eigenvalue weighted by Gasteiger charge is -2.24. The summed E-state index contributed by atoms with van der Waals surface area (Å²) in [7, 11) is 0. The lowest BCUT2D eigenvalue weighted by Crippen LogP contribution is -2.25. The van der Waals surface area contributed by atoms with E-state index in [1.165, 1.54) is 25.1 Å². The van der Waals surface area contributed by atoms with Gasteiger partial charge in [-0.25, -0.2) is 0 Å². The Balaban J connectivity index is 2.12. The summed E-state index contributed by atoms with van der Waals surface area (Å²) in [6, 6.07) is 8.14. The average Bonchev–Trinajstić information content (AvgIpc) is 2.99. The molecule has 0 amide bonds. The monoisotopic (exact) mass is 190 g/mol. The molecule has 0 unspecified atom stereocenters. The molecule has 0 radical (unpaired) electrons. The fourth-order valence-corrected chi connectivity index (χ4v) is 1.79. The largest absolute Gasteiger partial charge is 0.397 e. The first-order valence-corrected chi connectivity index (χ1v) is 5.40. The van der Waals surface area contributed by atoms with E-state index in [1.807, 2.05) is 12.1 Å². The molecule has 76 valence electrons. The standard InChI is InChI=1S/C12H18N2/c1-2-14(9-10-7-8-10)12-6-4-3-5-11(12)13/h3-6,10H,2,7-9,13H2,1H3. The number of nitrogens with zero attached hydrogens (tertiary/aromatic N) is 1. The van der Waals surface area contributed by atoms with Crippen molar-refractivity contribution in [2.24, 2.45) is 5.92 Å². The quantitative estimate of drug-likeness (QED) is 0.739. The lowest BCUT2D eigenvalue weighted by molar-refractivity contribution is 0.743. The zero-order chi connectivity index (χ0) is 9.97. The molecule has 1 aromatic rings. The van der Waals surface area contributed by atoms with Gasteiger partial charge in [0.05, 0.1) is 11.4 Å². The van der Waals surface area contributed by atoms with E-state index in [2.05, 4.69) is 24.0 Å². The van der Waals surface area contributed by atoms with E-state index in [9.17, 15) is 0 Å². The zero-order valence-corrected chi connectivity index (χ0v) is 8.74. The predicted octanol–water partition coefficient (Wildman–Crippen LogP) is 2.51. The van der Waals surface area contributed by atoms with E-state index in [-0.39, 0.29) is 0 Å². The number of para-hydroxylation sites is 2. The van der Waals surface area contributed by atoms with Crippen LogP contribution < -0.4 is 10.6 Å². The van der Waals surface area contributed by atoms with Crippen molar-refractivity contribution >= 4 is 11.4 Å². The van der Waals surface area contributed by atoms with Crippen LogP contribution in [-0.4, -0.2) is 13.1 Å². The maximum absolute atomic E-state index is 5.95. The average molecular weight is 190 g/mol. The lowest BCUT2D eigenvalue weighted by atomic mass is 10.2. The molecule has 2 rings (SSSR count). The van der Waals surface area contributed by atoms with Gasteiger partial charge in [0.2, 0.25) is 0 Å². The highest BCUT2D eigenvalue weighted by molar-refractivity contribution is 5.67. The predicted molar refractivity (Wildman–Crippen MR) is 61.5 cm³/mol. The van der Waals surface area contributed by atoms with Crippen molar-refractivity contribution in [2.75, 3.05) is 23.7 Å². The Kier molecular flexibility index (Phi) is 2.62. The van der Waals surface area contributed by atoms with Crippen LogP contribution in [0.1, 0.15) is 19.8 Å². The number of benzene rings is 1. The molecule has 1 aliphatic carbocycles. The molecule has 1 fully saturated rings. The van der Waals surface area contributed by atoms with Crippen LogP contribution in [0.4, 0.5) is 11.4 Å². The van der Waals surface area contributed by atoms with Gasteiger partial charge >= 0.3 is 0 Å². The Bertz CT molecular complexity index is 305. The van der Waals surface area contributed by atoms with Crippen molar-refractivity contribution in [3.8, 4) is 0 Å². The van der Waals surface area contributed by atoms with E-state index < -0.39 is 0 Å². The molecule has 0 atom stereocenters. The summed E-state index contributed by atoms with van der Waals surface area (Å²) < 4.78 is 0. The molecule has 0 saturated heterocycles. The summed E-state index contributed by atoms with van der Waals surface area (Å²) in [5.74, 6) is 0.912. The van der Waals surface area contributed by atoms with E-state index in [4.69, 9.17) is 5.73 Å². The van der Waals surface area contributed by atoms with Crippen molar-refractivity contribution < 1.29 is 0 Å². The highest BCUT2D eigenvalue weighted by Gasteiger charge is 2.24. The van der Waals surface area contributed by atoms with Gasteiger partial charge in [-0.05, 0) is 37.8 Å². The van der Waals surface area contributed by atoms with E-state index in [0.29, 0.717) is 0 Å². The van der Waals surface area contributed by atoms with Crippen LogP contribution in [0.5, 0.6) is 0 Å². The third-order valence-corrected chi connectivity index (χ3v) is 2.83. The van der Waals surface area contributed by atoms with Gasteiger partial charge in [-0.3, -0.25) is 0 Å². The van der Waals surface area contributed by atoms with Crippen LogP contribution in [0, 0.1) is 5.92 Å². The molecule has 0 aromatic heterocycles. The molecule has 0 heterocycles. The van der Waals surface area contributed by atoms with Gasteiger partial charge < -0.3 is 10.6 Å². The van der Waals surface area contributed by atoms with E-state index in [1.54, 1.807) is 0 Å². The van der Waals surface area contributed by atoms with Crippen molar-refractivity contribution in [1.29, 1.82) is 0 Å². The van der Waals surface area contributed by atoms with Crippen molar-refractivity contribution in [2.45, 2.75) is 19.8 Å². The Morgan fingerprint density at radius 1 is 1.36 bits per heavy atom. The summed E-state index contributed by atoms with van der Waals surface area (Å²) in [6.07, 6.45) is 2.78. The molecule has 1 aromatic carbocycles. The second kappa shape index (κ2) is 3.91. The third-order valence-electron chi connectivity index (χ3n) is 2.83. The number of hydrogen-bond acceptors (Lipinski definition) is 2. The molecular formula is C12H18N2. The summed E-state index contributed by atoms with van der Waals surface area (Å²) in [4.78, 5) is 2.38. The van der Waals surface area contributed by atoms with Crippen LogP contribution >= 0.6 is 0 Å². The fourth-order valence-electron chi connectivity index (χ4n) is 1.79. The molecule has 14 heavy (non-hydrogen) atoms. The summed E-state index contributed by atoms with van der Waals surface area (Å²) >= 11 is 0. The molecule has 0 spiro atoms. The minimum absolute atomic E-state index is 0.898.